The number of carboxylic acids is 1. The maximum atomic E-state index is 11.4. The number of thiocarbonyl (C=S) groups is 1. The van der Waals surface area contributed by atoms with Gasteiger partial charge in [-0.05, 0) is 50.3 Å². The van der Waals surface area contributed by atoms with Crippen LogP contribution < -0.4 is 15.0 Å². The molecule has 1 aliphatic heterocycles. The van der Waals surface area contributed by atoms with Gasteiger partial charge in [-0.1, -0.05) is 0 Å². The van der Waals surface area contributed by atoms with Crippen molar-refractivity contribution in [2.45, 2.75) is 19.9 Å². The zero-order valence-corrected chi connectivity index (χ0v) is 12.3. The number of carboxylic acid groups (broad SMARTS) is 1. The number of ether oxygens (including phenoxy) is 1. The van der Waals surface area contributed by atoms with E-state index in [4.69, 9.17) is 17.0 Å². The Morgan fingerprint density at radius 1 is 1.40 bits per heavy atom. The van der Waals surface area contributed by atoms with Crippen molar-refractivity contribution in [3.05, 3.63) is 35.5 Å². The van der Waals surface area contributed by atoms with Crippen LogP contribution in [0.1, 0.15) is 13.8 Å². The number of aliphatic carboxylic acids is 1. The first-order valence-corrected chi connectivity index (χ1v) is 6.55. The molecule has 0 spiro atoms. The number of nitrogens with one attached hydrogen (secondary N) is 1. The molecule has 0 bridgehead atoms. The van der Waals surface area contributed by atoms with Crippen molar-refractivity contribution < 1.29 is 14.6 Å². The Morgan fingerprint density at radius 3 is 2.50 bits per heavy atom. The summed E-state index contributed by atoms with van der Waals surface area (Å²) in [6.07, 6.45) is 0. The lowest BCUT2D eigenvalue weighted by molar-refractivity contribution is -0.133. The molecule has 1 aromatic rings. The summed E-state index contributed by atoms with van der Waals surface area (Å²) in [4.78, 5) is 13.2. The largest absolute Gasteiger partial charge is 0.497 e. The van der Waals surface area contributed by atoms with Gasteiger partial charge in [-0.25, -0.2) is 4.79 Å². The fourth-order valence-electron chi connectivity index (χ4n) is 2.33. The number of nitrogens with zero attached hydrogens (tertiary/aromatic N) is 1. The number of carbonyl (C=O) groups is 1. The summed E-state index contributed by atoms with van der Waals surface area (Å²) in [5, 5.41) is 12.8. The third-order valence-corrected chi connectivity index (χ3v) is 3.60. The van der Waals surface area contributed by atoms with Gasteiger partial charge in [0.1, 0.15) is 5.75 Å². The Balaban J connectivity index is 2.40. The van der Waals surface area contributed by atoms with Crippen molar-refractivity contribution >= 4 is 29.0 Å². The lowest BCUT2D eigenvalue weighted by Gasteiger charge is -2.37. The molecule has 0 fully saturated rings. The molecule has 1 aliphatic rings. The maximum Gasteiger partial charge on any atom is 0.335 e. The molecule has 2 rings (SSSR count). The molecular formula is C14H16N2O3S. The van der Waals surface area contributed by atoms with Crippen LogP contribution in [0.5, 0.6) is 5.75 Å². The molecule has 1 unspecified atom stereocenters. The Bertz CT molecular complexity index is 581. The minimum absolute atomic E-state index is 0.314. The first-order valence-electron chi connectivity index (χ1n) is 6.14. The van der Waals surface area contributed by atoms with Gasteiger partial charge in [-0.3, -0.25) is 0 Å². The Labute approximate surface area is 122 Å². The number of allylic oxidation sites excluding steroid dienone is 1. The third-order valence-electron chi connectivity index (χ3n) is 3.30. The van der Waals surface area contributed by atoms with Crippen LogP contribution in [0.4, 0.5) is 5.69 Å². The second-order valence-corrected chi connectivity index (χ2v) is 4.90. The average Bonchev–Trinajstić information content (AvgIpc) is 2.38. The fourth-order valence-corrected chi connectivity index (χ4v) is 2.75. The van der Waals surface area contributed by atoms with Gasteiger partial charge in [-0.2, -0.15) is 0 Å². The van der Waals surface area contributed by atoms with Crippen LogP contribution >= 0.6 is 12.2 Å². The first kappa shape index (κ1) is 14.3. The van der Waals surface area contributed by atoms with Crippen LogP contribution in [-0.4, -0.2) is 29.3 Å². The third kappa shape index (κ3) is 2.46. The monoisotopic (exact) mass is 292 g/mol. The van der Waals surface area contributed by atoms with Crippen molar-refractivity contribution in [3.8, 4) is 5.75 Å². The Morgan fingerprint density at radius 2 is 2.00 bits per heavy atom. The van der Waals surface area contributed by atoms with E-state index >= 15 is 0 Å². The highest BCUT2D eigenvalue weighted by molar-refractivity contribution is 7.80. The summed E-state index contributed by atoms with van der Waals surface area (Å²) in [6.45, 7) is 3.54. The normalized spacial score (nSPS) is 18.9. The van der Waals surface area contributed by atoms with E-state index in [2.05, 4.69) is 5.32 Å². The lowest BCUT2D eigenvalue weighted by atomic mass is 10.0. The summed E-state index contributed by atoms with van der Waals surface area (Å²) >= 11 is 5.32. The second-order valence-electron chi connectivity index (χ2n) is 4.52. The molecule has 0 aliphatic carbocycles. The first-order chi connectivity index (χ1) is 9.45. The van der Waals surface area contributed by atoms with Crippen molar-refractivity contribution in [2.75, 3.05) is 12.0 Å². The highest BCUT2D eigenvalue weighted by Gasteiger charge is 2.32. The SMILES string of the molecule is COc1ccc(N2C(=S)NC(C)=C(C(=O)O)C2C)cc1. The molecule has 0 aromatic heterocycles. The van der Waals surface area contributed by atoms with E-state index in [0.29, 0.717) is 16.4 Å². The predicted octanol–water partition coefficient (Wildman–Crippen LogP) is 2.14. The maximum absolute atomic E-state index is 11.4. The van der Waals surface area contributed by atoms with Crippen molar-refractivity contribution in [2.24, 2.45) is 0 Å². The summed E-state index contributed by atoms with van der Waals surface area (Å²) < 4.78 is 5.12. The predicted molar refractivity (Wildman–Crippen MR) is 81.0 cm³/mol. The van der Waals surface area contributed by atoms with E-state index in [-0.39, 0.29) is 6.04 Å². The van der Waals surface area contributed by atoms with E-state index in [9.17, 15) is 9.90 Å². The number of benzene rings is 1. The molecule has 6 heteroatoms. The molecule has 106 valence electrons. The van der Waals surface area contributed by atoms with E-state index in [0.717, 1.165) is 11.4 Å². The molecule has 0 saturated heterocycles. The lowest BCUT2D eigenvalue weighted by Crippen LogP contribution is -2.51. The van der Waals surface area contributed by atoms with Gasteiger partial charge in [-0.15, -0.1) is 0 Å². The van der Waals surface area contributed by atoms with Crippen LogP contribution in [0.2, 0.25) is 0 Å². The number of hydrogen-bond acceptors (Lipinski definition) is 3. The standard InChI is InChI=1S/C14H16N2O3S/c1-8-12(13(17)18)9(2)16(14(20)15-8)10-4-6-11(19-3)7-5-10/h4-7,9H,1-3H3,(H,15,20)(H,17,18). The minimum Gasteiger partial charge on any atom is -0.497 e. The Hall–Kier alpha value is -2.08. The molecule has 0 saturated carbocycles. The Kier molecular flexibility index (Phi) is 3.94. The number of rotatable bonds is 3. The second kappa shape index (κ2) is 5.50. The number of hydrogen-bond donors (Lipinski definition) is 2. The van der Waals surface area contributed by atoms with Crippen molar-refractivity contribution in [1.82, 2.24) is 5.32 Å². The summed E-state index contributed by atoms with van der Waals surface area (Å²) in [5.41, 5.74) is 1.72. The summed E-state index contributed by atoms with van der Waals surface area (Å²) in [7, 11) is 1.60. The quantitative estimate of drug-likeness (QED) is 0.832. The van der Waals surface area contributed by atoms with Crippen LogP contribution in [-0.2, 0) is 4.79 Å². The van der Waals surface area contributed by atoms with Crippen molar-refractivity contribution in [1.29, 1.82) is 0 Å². The van der Waals surface area contributed by atoms with Crippen molar-refractivity contribution in [3.63, 3.8) is 0 Å². The number of methoxy groups -OCH3 is 1. The highest BCUT2D eigenvalue weighted by Crippen LogP contribution is 2.27. The van der Waals surface area contributed by atoms with Gasteiger partial charge >= 0.3 is 5.97 Å². The molecule has 20 heavy (non-hydrogen) atoms. The topological polar surface area (TPSA) is 61.8 Å². The van der Waals surface area contributed by atoms with E-state index in [1.807, 2.05) is 31.2 Å². The summed E-state index contributed by atoms with van der Waals surface area (Å²) in [6, 6.07) is 6.99. The van der Waals surface area contributed by atoms with Gasteiger partial charge in [0.25, 0.3) is 0 Å². The van der Waals surface area contributed by atoms with Crippen LogP contribution in [0.15, 0.2) is 35.5 Å². The van der Waals surface area contributed by atoms with E-state index in [1.165, 1.54) is 0 Å². The van der Waals surface area contributed by atoms with Gasteiger partial charge in [0.15, 0.2) is 5.11 Å². The smallest absolute Gasteiger partial charge is 0.335 e. The highest BCUT2D eigenvalue weighted by atomic mass is 32.1. The zero-order valence-electron chi connectivity index (χ0n) is 11.5. The van der Waals surface area contributed by atoms with Crippen LogP contribution in [0, 0.1) is 0 Å². The van der Waals surface area contributed by atoms with Gasteiger partial charge in [0.2, 0.25) is 0 Å². The molecule has 1 heterocycles. The molecule has 1 atom stereocenters. The van der Waals surface area contributed by atoms with Gasteiger partial charge in [0, 0.05) is 11.4 Å². The molecular weight excluding hydrogens is 276 g/mol. The van der Waals surface area contributed by atoms with Gasteiger partial charge in [0.05, 0.1) is 18.7 Å². The van der Waals surface area contributed by atoms with Gasteiger partial charge < -0.3 is 20.1 Å². The summed E-state index contributed by atoms with van der Waals surface area (Å²) in [5.74, 6) is -0.203. The molecule has 0 radical (unpaired) electrons. The molecule has 5 nitrogen and oxygen atoms in total. The molecule has 1 aromatic carbocycles. The molecule has 2 N–H and O–H groups in total. The van der Waals surface area contributed by atoms with Crippen LogP contribution in [0.3, 0.4) is 0 Å². The minimum atomic E-state index is -0.941. The average molecular weight is 292 g/mol. The molecule has 0 amide bonds. The fraction of sp³-hybridized carbons (Fsp3) is 0.286. The van der Waals surface area contributed by atoms with E-state index in [1.54, 1.807) is 18.9 Å². The number of anilines is 1. The van der Waals surface area contributed by atoms with E-state index < -0.39 is 5.97 Å². The van der Waals surface area contributed by atoms with Crippen LogP contribution in [0.25, 0.3) is 0 Å². The zero-order chi connectivity index (χ0) is 14.9.